The molecule has 3 rings (SSSR count). The van der Waals surface area contributed by atoms with Crippen LogP contribution < -0.4 is 11.2 Å². The van der Waals surface area contributed by atoms with Crippen molar-refractivity contribution in [3.63, 3.8) is 0 Å². The first kappa shape index (κ1) is 17.7. The fraction of sp³-hybridized carbons (Fsp3) is 0.333. The van der Waals surface area contributed by atoms with Gasteiger partial charge in [0.25, 0.3) is 5.56 Å². The van der Waals surface area contributed by atoms with Gasteiger partial charge in [-0.25, -0.2) is 9.78 Å². The van der Waals surface area contributed by atoms with E-state index in [-0.39, 0.29) is 17.7 Å². The molecule has 2 heterocycles. The predicted octanol–water partition coefficient (Wildman–Crippen LogP) is 1.13. The first-order valence-electron chi connectivity index (χ1n) is 8.14. The lowest BCUT2D eigenvalue weighted by molar-refractivity contribution is -0.151. The van der Waals surface area contributed by atoms with Crippen molar-refractivity contribution in [1.82, 2.24) is 19.1 Å². The number of aromatic amines is 1. The minimum atomic E-state index is -0.951. The van der Waals surface area contributed by atoms with E-state index >= 15 is 0 Å². The Bertz CT molecular complexity index is 1060. The van der Waals surface area contributed by atoms with E-state index in [1.807, 2.05) is 30.3 Å². The molecule has 0 amide bonds. The number of aromatic nitrogens is 4. The SMILES string of the molecule is COC(=O)C(C)(C)Cn1c(=O)[nH]c(=O)c2c1ncn2Cc1ccccc1. The lowest BCUT2D eigenvalue weighted by Gasteiger charge is -2.22. The van der Waals surface area contributed by atoms with Crippen LogP contribution in [0.2, 0.25) is 0 Å². The van der Waals surface area contributed by atoms with Crippen molar-refractivity contribution >= 4 is 17.1 Å². The number of hydrogen-bond acceptors (Lipinski definition) is 5. The molecule has 1 aromatic carbocycles. The van der Waals surface area contributed by atoms with Gasteiger partial charge in [-0.3, -0.25) is 19.1 Å². The van der Waals surface area contributed by atoms with Crippen LogP contribution in [-0.4, -0.2) is 32.2 Å². The molecule has 3 aromatic rings. The van der Waals surface area contributed by atoms with Crippen LogP contribution >= 0.6 is 0 Å². The number of imidazole rings is 1. The molecular formula is C18H20N4O4. The molecule has 0 saturated heterocycles. The Kier molecular flexibility index (Phi) is 4.50. The fourth-order valence-electron chi connectivity index (χ4n) is 2.90. The monoisotopic (exact) mass is 356 g/mol. The highest BCUT2D eigenvalue weighted by Crippen LogP contribution is 2.21. The van der Waals surface area contributed by atoms with Crippen molar-refractivity contribution in [1.29, 1.82) is 0 Å². The van der Waals surface area contributed by atoms with E-state index in [9.17, 15) is 14.4 Å². The number of benzene rings is 1. The van der Waals surface area contributed by atoms with Crippen molar-refractivity contribution in [2.45, 2.75) is 26.9 Å². The number of ether oxygens (including phenoxy) is 1. The molecule has 0 aliphatic rings. The van der Waals surface area contributed by atoms with Crippen LogP contribution in [0.25, 0.3) is 11.2 Å². The van der Waals surface area contributed by atoms with Crippen LogP contribution in [0.5, 0.6) is 0 Å². The number of hydrogen-bond donors (Lipinski definition) is 1. The number of esters is 1. The van der Waals surface area contributed by atoms with E-state index in [4.69, 9.17) is 4.74 Å². The molecule has 0 aliphatic carbocycles. The Morgan fingerprint density at radius 2 is 1.92 bits per heavy atom. The van der Waals surface area contributed by atoms with E-state index in [1.165, 1.54) is 18.0 Å². The summed E-state index contributed by atoms with van der Waals surface area (Å²) in [6.45, 7) is 3.82. The second-order valence-electron chi connectivity index (χ2n) is 6.75. The maximum atomic E-state index is 12.4. The van der Waals surface area contributed by atoms with Gasteiger partial charge in [0.2, 0.25) is 0 Å². The average Bonchev–Trinajstić information content (AvgIpc) is 3.02. The normalized spacial score (nSPS) is 11.7. The van der Waals surface area contributed by atoms with Crippen LogP contribution in [0.3, 0.4) is 0 Å². The van der Waals surface area contributed by atoms with Crippen molar-refractivity contribution in [2.24, 2.45) is 5.41 Å². The van der Waals surface area contributed by atoms with Crippen molar-refractivity contribution in [3.8, 4) is 0 Å². The highest BCUT2D eigenvalue weighted by Gasteiger charge is 2.31. The van der Waals surface area contributed by atoms with Gasteiger partial charge in [-0.05, 0) is 19.4 Å². The molecule has 26 heavy (non-hydrogen) atoms. The number of rotatable bonds is 5. The number of H-pyrrole nitrogens is 1. The number of methoxy groups -OCH3 is 1. The van der Waals surface area contributed by atoms with Crippen LogP contribution in [-0.2, 0) is 22.6 Å². The van der Waals surface area contributed by atoms with Gasteiger partial charge in [0.15, 0.2) is 11.2 Å². The maximum absolute atomic E-state index is 12.4. The molecule has 8 heteroatoms. The number of carbonyl (C=O) groups excluding carboxylic acids is 1. The zero-order valence-electron chi connectivity index (χ0n) is 14.9. The molecule has 0 unspecified atom stereocenters. The summed E-state index contributed by atoms with van der Waals surface area (Å²) in [6, 6.07) is 9.61. The third-order valence-corrected chi connectivity index (χ3v) is 4.24. The third kappa shape index (κ3) is 3.17. The average molecular weight is 356 g/mol. The van der Waals surface area contributed by atoms with Crippen molar-refractivity contribution < 1.29 is 9.53 Å². The molecule has 0 aliphatic heterocycles. The van der Waals surface area contributed by atoms with Crippen LogP contribution in [0.4, 0.5) is 0 Å². The summed E-state index contributed by atoms with van der Waals surface area (Å²) in [6.07, 6.45) is 1.52. The molecular weight excluding hydrogens is 336 g/mol. The molecule has 2 aromatic heterocycles. The lowest BCUT2D eigenvalue weighted by Crippen LogP contribution is -2.38. The summed E-state index contributed by atoms with van der Waals surface area (Å²) in [5.74, 6) is -0.451. The number of nitrogens with zero attached hydrogens (tertiary/aromatic N) is 3. The molecule has 0 radical (unpaired) electrons. The highest BCUT2D eigenvalue weighted by molar-refractivity contribution is 5.76. The van der Waals surface area contributed by atoms with E-state index in [2.05, 4.69) is 9.97 Å². The van der Waals surface area contributed by atoms with Crippen molar-refractivity contribution in [3.05, 3.63) is 63.1 Å². The Labute approximate surface area is 149 Å². The zero-order valence-corrected chi connectivity index (χ0v) is 14.9. The summed E-state index contributed by atoms with van der Waals surface area (Å²) in [5.41, 5.74) is -0.540. The van der Waals surface area contributed by atoms with Crippen LogP contribution in [0, 0.1) is 5.41 Å². The minimum absolute atomic E-state index is 0.0359. The van der Waals surface area contributed by atoms with Gasteiger partial charge in [-0.1, -0.05) is 30.3 Å². The molecule has 136 valence electrons. The lowest BCUT2D eigenvalue weighted by atomic mass is 9.93. The number of carbonyl (C=O) groups is 1. The number of nitrogens with one attached hydrogen (secondary N) is 1. The van der Waals surface area contributed by atoms with E-state index in [0.29, 0.717) is 6.54 Å². The van der Waals surface area contributed by atoms with Crippen LogP contribution in [0.15, 0.2) is 46.2 Å². The molecule has 0 spiro atoms. The first-order valence-corrected chi connectivity index (χ1v) is 8.14. The second kappa shape index (κ2) is 6.62. The Morgan fingerprint density at radius 3 is 2.58 bits per heavy atom. The van der Waals surface area contributed by atoms with Gasteiger partial charge >= 0.3 is 11.7 Å². The third-order valence-electron chi connectivity index (χ3n) is 4.24. The molecule has 0 bridgehead atoms. The molecule has 0 atom stereocenters. The quantitative estimate of drug-likeness (QED) is 0.691. The largest absolute Gasteiger partial charge is 0.469 e. The maximum Gasteiger partial charge on any atom is 0.330 e. The van der Waals surface area contributed by atoms with Crippen LogP contribution in [0.1, 0.15) is 19.4 Å². The number of fused-ring (bicyclic) bond motifs is 1. The summed E-state index contributed by atoms with van der Waals surface area (Å²) in [4.78, 5) is 43.2. The molecule has 0 saturated carbocycles. The van der Waals surface area contributed by atoms with Gasteiger partial charge in [0, 0.05) is 13.1 Å². The molecule has 8 nitrogen and oxygen atoms in total. The van der Waals surface area contributed by atoms with Gasteiger partial charge in [-0.2, -0.15) is 0 Å². The van der Waals surface area contributed by atoms with Gasteiger partial charge in [0.05, 0.1) is 18.9 Å². The summed E-state index contributed by atoms with van der Waals surface area (Å²) >= 11 is 0. The Morgan fingerprint density at radius 1 is 1.23 bits per heavy atom. The smallest absolute Gasteiger partial charge is 0.330 e. The van der Waals surface area contributed by atoms with E-state index in [0.717, 1.165) is 5.56 Å². The van der Waals surface area contributed by atoms with Crippen molar-refractivity contribution in [2.75, 3.05) is 7.11 Å². The Balaban J connectivity index is 2.10. The minimum Gasteiger partial charge on any atom is -0.469 e. The summed E-state index contributed by atoms with van der Waals surface area (Å²) in [5, 5.41) is 0. The molecule has 0 fully saturated rings. The fourth-order valence-corrected chi connectivity index (χ4v) is 2.90. The van der Waals surface area contributed by atoms with E-state index in [1.54, 1.807) is 18.4 Å². The standard InChI is InChI=1S/C18H20N4O4/c1-18(2,16(24)26-3)10-22-14-13(15(23)20-17(22)25)21(11-19-14)9-12-7-5-4-6-8-12/h4-8,11H,9-10H2,1-3H3,(H,20,23,25). The predicted molar refractivity (Wildman–Crippen MR) is 96.0 cm³/mol. The summed E-state index contributed by atoms with van der Waals surface area (Å²) in [7, 11) is 1.30. The topological polar surface area (TPSA) is 99.0 Å². The molecule has 1 N–H and O–H groups in total. The highest BCUT2D eigenvalue weighted by atomic mass is 16.5. The first-order chi connectivity index (χ1) is 12.3. The zero-order chi connectivity index (χ0) is 18.9. The van der Waals surface area contributed by atoms with Gasteiger partial charge in [-0.15, -0.1) is 0 Å². The Hall–Kier alpha value is -3.16. The summed E-state index contributed by atoms with van der Waals surface area (Å²) < 4.78 is 7.78. The second-order valence-corrected chi connectivity index (χ2v) is 6.75. The van der Waals surface area contributed by atoms with Gasteiger partial charge < -0.3 is 9.30 Å². The van der Waals surface area contributed by atoms with E-state index < -0.39 is 22.6 Å². The van der Waals surface area contributed by atoms with Gasteiger partial charge in [0.1, 0.15) is 0 Å².